The Labute approximate surface area is 152 Å². The Morgan fingerprint density at radius 3 is 2.46 bits per heavy atom. The summed E-state index contributed by atoms with van der Waals surface area (Å²) in [5.41, 5.74) is 0.860. The first-order valence-corrected chi connectivity index (χ1v) is 8.71. The lowest BCUT2D eigenvalue weighted by atomic mass is 10.2. The molecule has 1 aromatic carbocycles. The molecule has 0 aliphatic rings. The normalized spacial score (nSPS) is 10.4. The average molecular weight is 357 g/mol. The van der Waals surface area contributed by atoms with Crippen molar-refractivity contribution in [2.75, 3.05) is 11.9 Å². The van der Waals surface area contributed by atoms with E-state index in [1.165, 1.54) is 16.8 Å². The molecule has 0 saturated heterocycles. The lowest BCUT2D eigenvalue weighted by Crippen LogP contribution is -2.26. The summed E-state index contributed by atoms with van der Waals surface area (Å²) in [5, 5.41) is 6.76. The monoisotopic (exact) mass is 357 g/mol. The quantitative estimate of drug-likeness (QED) is 0.579. The Morgan fingerprint density at radius 2 is 1.81 bits per heavy atom. The Hall–Kier alpha value is -2.96. The van der Waals surface area contributed by atoms with E-state index in [1.807, 2.05) is 13.8 Å². The minimum Gasteiger partial charge on any atom is -0.462 e. The maximum atomic E-state index is 12.3. The fourth-order valence-corrected chi connectivity index (χ4v) is 2.22. The van der Waals surface area contributed by atoms with E-state index in [0.717, 1.165) is 19.3 Å². The number of nitrogens with zero attached hydrogens (tertiary/aromatic N) is 2. The summed E-state index contributed by atoms with van der Waals surface area (Å²) in [4.78, 5) is 35.8. The van der Waals surface area contributed by atoms with E-state index in [2.05, 4.69) is 10.4 Å². The second-order valence-corrected chi connectivity index (χ2v) is 5.80. The first kappa shape index (κ1) is 19.4. The number of carbonyl (C=O) groups is 2. The van der Waals surface area contributed by atoms with Crippen LogP contribution in [0.4, 0.5) is 5.69 Å². The summed E-state index contributed by atoms with van der Waals surface area (Å²) < 4.78 is 6.41. The Balaban J connectivity index is 2.02. The van der Waals surface area contributed by atoms with Gasteiger partial charge in [0, 0.05) is 18.3 Å². The fourth-order valence-electron chi connectivity index (χ4n) is 2.22. The zero-order valence-electron chi connectivity index (χ0n) is 15.0. The lowest BCUT2D eigenvalue weighted by molar-refractivity contribution is 0.0499. The fraction of sp³-hybridized carbons (Fsp3) is 0.368. The predicted octanol–water partition coefficient (Wildman–Crippen LogP) is 2.86. The van der Waals surface area contributed by atoms with Crippen molar-refractivity contribution in [2.24, 2.45) is 0 Å². The van der Waals surface area contributed by atoms with Crippen LogP contribution in [0, 0.1) is 0 Å². The van der Waals surface area contributed by atoms with Crippen molar-refractivity contribution in [3.05, 3.63) is 58.0 Å². The van der Waals surface area contributed by atoms with Gasteiger partial charge >= 0.3 is 5.97 Å². The molecule has 0 unspecified atom stereocenters. The van der Waals surface area contributed by atoms with Crippen LogP contribution in [-0.2, 0) is 11.3 Å². The van der Waals surface area contributed by atoms with Gasteiger partial charge in [-0.1, -0.05) is 20.3 Å². The van der Waals surface area contributed by atoms with Crippen molar-refractivity contribution in [3.63, 3.8) is 0 Å². The number of hydrogen-bond acceptors (Lipinski definition) is 5. The van der Waals surface area contributed by atoms with Gasteiger partial charge in [0.2, 0.25) is 0 Å². The number of rotatable bonds is 8. The van der Waals surface area contributed by atoms with E-state index in [4.69, 9.17) is 4.74 Å². The highest BCUT2D eigenvalue weighted by atomic mass is 16.5. The number of carbonyl (C=O) groups excluding carboxylic acids is 2. The predicted molar refractivity (Wildman–Crippen MR) is 98.4 cm³/mol. The molecular weight excluding hydrogens is 334 g/mol. The van der Waals surface area contributed by atoms with Crippen molar-refractivity contribution in [2.45, 2.75) is 39.7 Å². The number of hydrogen-bond donors (Lipinski definition) is 1. The average Bonchev–Trinajstić information content (AvgIpc) is 2.64. The van der Waals surface area contributed by atoms with Crippen molar-refractivity contribution in [3.8, 4) is 0 Å². The lowest BCUT2D eigenvalue weighted by Gasteiger charge is -2.08. The Bertz CT molecular complexity index is 812. The molecule has 0 bridgehead atoms. The van der Waals surface area contributed by atoms with Crippen molar-refractivity contribution >= 4 is 17.6 Å². The van der Waals surface area contributed by atoms with Crippen molar-refractivity contribution in [1.82, 2.24) is 9.78 Å². The van der Waals surface area contributed by atoms with Crippen LogP contribution in [-0.4, -0.2) is 28.3 Å². The molecule has 0 spiro atoms. The molecule has 138 valence electrons. The second-order valence-electron chi connectivity index (χ2n) is 5.80. The molecule has 0 aliphatic heterocycles. The van der Waals surface area contributed by atoms with Crippen LogP contribution >= 0.6 is 0 Å². The molecule has 2 aromatic rings. The standard InChI is InChI=1S/C19H23N3O4/c1-3-5-13-26-19(25)14-6-8-15(9-7-14)20-18(24)16-10-11-17(23)22(21-16)12-4-2/h6-11H,3-5,12-13H2,1-2H3,(H,20,24). The van der Waals surface area contributed by atoms with E-state index in [-0.39, 0.29) is 17.2 Å². The highest BCUT2D eigenvalue weighted by Crippen LogP contribution is 2.12. The first-order valence-electron chi connectivity index (χ1n) is 8.71. The molecule has 2 rings (SSSR count). The molecule has 1 amide bonds. The Morgan fingerprint density at radius 1 is 1.08 bits per heavy atom. The molecule has 0 atom stereocenters. The third-order valence-electron chi connectivity index (χ3n) is 3.64. The molecule has 0 fully saturated rings. The van der Waals surface area contributed by atoms with Crippen LogP contribution in [0.2, 0.25) is 0 Å². The number of aryl methyl sites for hydroxylation is 1. The summed E-state index contributed by atoms with van der Waals surface area (Å²) in [6, 6.07) is 9.15. The zero-order valence-corrected chi connectivity index (χ0v) is 15.0. The second kappa shape index (κ2) is 9.50. The van der Waals surface area contributed by atoms with Crippen LogP contribution in [0.1, 0.15) is 54.0 Å². The molecule has 1 N–H and O–H groups in total. The van der Waals surface area contributed by atoms with Crippen LogP contribution in [0.5, 0.6) is 0 Å². The van der Waals surface area contributed by atoms with Gasteiger partial charge in [0.1, 0.15) is 5.69 Å². The molecule has 7 heteroatoms. The number of benzene rings is 1. The summed E-state index contributed by atoms with van der Waals surface area (Å²) in [7, 11) is 0. The third kappa shape index (κ3) is 5.27. The van der Waals surface area contributed by atoms with Gasteiger partial charge in [-0.05, 0) is 43.2 Å². The number of amides is 1. The summed E-state index contributed by atoms with van der Waals surface area (Å²) in [5.74, 6) is -0.808. The summed E-state index contributed by atoms with van der Waals surface area (Å²) in [6.45, 7) is 4.80. The van der Waals surface area contributed by atoms with Gasteiger partial charge in [0.25, 0.3) is 11.5 Å². The van der Waals surface area contributed by atoms with Gasteiger partial charge in [0.15, 0.2) is 0 Å². The third-order valence-corrected chi connectivity index (χ3v) is 3.64. The van der Waals surface area contributed by atoms with Gasteiger partial charge in [-0.2, -0.15) is 5.10 Å². The van der Waals surface area contributed by atoms with E-state index in [9.17, 15) is 14.4 Å². The van der Waals surface area contributed by atoms with Crippen LogP contribution in [0.15, 0.2) is 41.2 Å². The number of aromatic nitrogens is 2. The van der Waals surface area contributed by atoms with Crippen LogP contribution in [0.25, 0.3) is 0 Å². The van der Waals surface area contributed by atoms with Gasteiger partial charge in [-0.15, -0.1) is 0 Å². The van der Waals surface area contributed by atoms with Crippen LogP contribution < -0.4 is 10.9 Å². The topological polar surface area (TPSA) is 90.3 Å². The molecule has 0 aliphatic carbocycles. The molecular formula is C19H23N3O4. The van der Waals surface area contributed by atoms with Crippen molar-refractivity contribution in [1.29, 1.82) is 0 Å². The number of nitrogens with one attached hydrogen (secondary N) is 1. The van der Waals surface area contributed by atoms with E-state index in [0.29, 0.717) is 24.4 Å². The van der Waals surface area contributed by atoms with Gasteiger partial charge in [0.05, 0.1) is 12.2 Å². The van der Waals surface area contributed by atoms with Crippen LogP contribution in [0.3, 0.4) is 0 Å². The minimum atomic E-state index is -0.423. The molecule has 0 radical (unpaired) electrons. The number of ether oxygens (including phenoxy) is 1. The molecule has 1 aromatic heterocycles. The highest BCUT2D eigenvalue weighted by Gasteiger charge is 2.11. The Kier molecular flexibility index (Phi) is 7.08. The summed E-state index contributed by atoms with van der Waals surface area (Å²) >= 11 is 0. The molecule has 0 saturated carbocycles. The number of unbranched alkanes of at least 4 members (excludes halogenated alkanes) is 1. The van der Waals surface area contributed by atoms with Gasteiger partial charge < -0.3 is 10.1 Å². The smallest absolute Gasteiger partial charge is 0.338 e. The van der Waals surface area contributed by atoms with E-state index >= 15 is 0 Å². The van der Waals surface area contributed by atoms with Gasteiger partial charge in [-0.3, -0.25) is 9.59 Å². The molecule has 1 heterocycles. The highest BCUT2D eigenvalue weighted by molar-refractivity contribution is 6.03. The summed E-state index contributed by atoms with van der Waals surface area (Å²) in [6.07, 6.45) is 2.53. The van der Waals surface area contributed by atoms with E-state index in [1.54, 1.807) is 24.3 Å². The molecule has 26 heavy (non-hydrogen) atoms. The number of anilines is 1. The molecule has 7 nitrogen and oxygen atoms in total. The SMILES string of the molecule is CCCCOC(=O)c1ccc(NC(=O)c2ccc(=O)n(CCC)n2)cc1. The maximum Gasteiger partial charge on any atom is 0.338 e. The zero-order chi connectivity index (χ0) is 18.9. The number of esters is 1. The van der Waals surface area contributed by atoms with Gasteiger partial charge in [-0.25, -0.2) is 9.48 Å². The van der Waals surface area contributed by atoms with E-state index < -0.39 is 5.91 Å². The first-order chi connectivity index (χ1) is 12.5. The largest absolute Gasteiger partial charge is 0.462 e. The maximum absolute atomic E-state index is 12.3. The minimum absolute atomic E-state index is 0.154. The van der Waals surface area contributed by atoms with Crippen molar-refractivity contribution < 1.29 is 14.3 Å².